The Morgan fingerprint density at radius 1 is 0.838 bits per heavy atom. The first-order valence-corrected chi connectivity index (χ1v) is 12.9. The Morgan fingerprint density at radius 3 is 2.35 bits per heavy atom. The van der Waals surface area contributed by atoms with Gasteiger partial charge in [-0.3, -0.25) is 9.69 Å². The second-order valence-corrected chi connectivity index (χ2v) is 10.2. The highest BCUT2D eigenvalue weighted by molar-refractivity contribution is 8.26. The lowest BCUT2D eigenvalue weighted by Crippen LogP contribution is -2.27. The van der Waals surface area contributed by atoms with E-state index in [1.807, 2.05) is 60.7 Å². The molecule has 0 unspecified atom stereocenters. The number of carbonyl (C=O) groups is 1. The van der Waals surface area contributed by atoms with Gasteiger partial charge in [0.2, 0.25) is 0 Å². The van der Waals surface area contributed by atoms with Crippen LogP contribution in [0.4, 0.5) is 0 Å². The number of hydrogen-bond donors (Lipinski definition) is 0. The molecule has 4 aromatic carbocycles. The van der Waals surface area contributed by atoms with Crippen molar-refractivity contribution in [2.75, 3.05) is 14.2 Å². The van der Waals surface area contributed by atoms with E-state index in [-0.39, 0.29) is 5.91 Å². The molecule has 1 aliphatic heterocycles. The van der Waals surface area contributed by atoms with E-state index >= 15 is 0 Å². The summed E-state index contributed by atoms with van der Waals surface area (Å²) in [6.45, 7) is 0.835. The number of rotatable bonds is 8. The fourth-order valence-corrected chi connectivity index (χ4v) is 5.34. The molecule has 1 heterocycles. The monoisotopic (exact) mass is 527 g/mol. The standard InChI is InChI=1S/C30H25NO4S2/c1-33-25-12-8-20(9-13-25)18-31-29(32)28(37-30(31)36)17-21-10-14-26(27(16-21)34-2)35-19-22-7-11-23-5-3-4-6-24(23)15-22/h3-17H,18-19H2,1-2H3/b28-17+. The molecule has 7 heteroatoms. The Bertz CT molecular complexity index is 1500. The summed E-state index contributed by atoms with van der Waals surface area (Å²) in [7, 11) is 3.23. The third kappa shape index (κ3) is 5.63. The summed E-state index contributed by atoms with van der Waals surface area (Å²) < 4.78 is 17.4. The number of hydrogen-bond acceptors (Lipinski definition) is 6. The summed E-state index contributed by atoms with van der Waals surface area (Å²) in [5.41, 5.74) is 2.89. The first kappa shape index (κ1) is 24.9. The Morgan fingerprint density at radius 2 is 1.59 bits per heavy atom. The zero-order valence-corrected chi connectivity index (χ0v) is 22.1. The van der Waals surface area contributed by atoms with E-state index in [0.717, 1.165) is 22.4 Å². The number of nitrogens with zero attached hydrogens (tertiary/aromatic N) is 1. The van der Waals surface area contributed by atoms with Gasteiger partial charge in [-0.1, -0.05) is 78.6 Å². The van der Waals surface area contributed by atoms with Crippen LogP contribution in [0.15, 0.2) is 89.8 Å². The van der Waals surface area contributed by atoms with Crippen molar-refractivity contribution in [3.8, 4) is 17.2 Å². The molecule has 0 aliphatic carbocycles. The molecule has 1 saturated heterocycles. The number of fused-ring (bicyclic) bond motifs is 1. The number of amides is 1. The number of thioether (sulfide) groups is 1. The normalized spacial score (nSPS) is 14.4. The number of benzene rings is 4. The van der Waals surface area contributed by atoms with Crippen molar-refractivity contribution in [1.29, 1.82) is 0 Å². The van der Waals surface area contributed by atoms with E-state index in [9.17, 15) is 4.79 Å². The van der Waals surface area contributed by atoms with Gasteiger partial charge in [-0.15, -0.1) is 0 Å². The lowest BCUT2D eigenvalue weighted by Gasteiger charge is -2.14. The van der Waals surface area contributed by atoms with Gasteiger partial charge in [0, 0.05) is 0 Å². The molecule has 1 aliphatic rings. The van der Waals surface area contributed by atoms with Gasteiger partial charge in [-0.05, 0) is 63.9 Å². The molecule has 37 heavy (non-hydrogen) atoms. The second-order valence-electron chi connectivity index (χ2n) is 8.50. The highest BCUT2D eigenvalue weighted by Crippen LogP contribution is 2.36. The van der Waals surface area contributed by atoms with E-state index in [1.54, 1.807) is 19.1 Å². The molecule has 186 valence electrons. The quantitative estimate of drug-likeness (QED) is 0.185. The van der Waals surface area contributed by atoms with Crippen LogP contribution in [0.3, 0.4) is 0 Å². The van der Waals surface area contributed by atoms with Gasteiger partial charge in [-0.25, -0.2) is 0 Å². The van der Waals surface area contributed by atoms with Gasteiger partial charge in [-0.2, -0.15) is 0 Å². The maximum atomic E-state index is 13.1. The Hall–Kier alpha value is -3.81. The summed E-state index contributed by atoms with van der Waals surface area (Å²) in [4.78, 5) is 15.3. The fraction of sp³-hybridized carbons (Fsp3) is 0.133. The van der Waals surface area contributed by atoms with E-state index < -0.39 is 0 Å². The first-order valence-electron chi connectivity index (χ1n) is 11.7. The second kappa shape index (κ2) is 11.1. The Balaban J connectivity index is 1.28. The molecule has 1 amide bonds. The van der Waals surface area contributed by atoms with E-state index in [0.29, 0.717) is 33.9 Å². The van der Waals surface area contributed by atoms with Crippen LogP contribution in [0.5, 0.6) is 17.2 Å². The van der Waals surface area contributed by atoms with Gasteiger partial charge in [0.1, 0.15) is 16.7 Å². The lowest BCUT2D eigenvalue weighted by molar-refractivity contribution is -0.122. The highest BCUT2D eigenvalue weighted by Gasteiger charge is 2.32. The lowest BCUT2D eigenvalue weighted by atomic mass is 10.1. The minimum absolute atomic E-state index is 0.110. The van der Waals surface area contributed by atoms with Crippen molar-refractivity contribution >= 4 is 51.1 Å². The van der Waals surface area contributed by atoms with Crippen LogP contribution in [0.2, 0.25) is 0 Å². The summed E-state index contributed by atoms with van der Waals surface area (Å²) in [6.07, 6.45) is 1.84. The van der Waals surface area contributed by atoms with Crippen LogP contribution in [0, 0.1) is 0 Å². The zero-order chi connectivity index (χ0) is 25.8. The van der Waals surface area contributed by atoms with Crippen molar-refractivity contribution in [1.82, 2.24) is 4.90 Å². The topological polar surface area (TPSA) is 48.0 Å². The molecule has 0 radical (unpaired) electrons. The number of carbonyl (C=O) groups excluding carboxylic acids is 1. The summed E-state index contributed by atoms with van der Waals surface area (Å²) in [6, 6.07) is 27.8. The molecule has 5 rings (SSSR count). The maximum Gasteiger partial charge on any atom is 0.266 e. The van der Waals surface area contributed by atoms with Crippen molar-refractivity contribution < 1.29 is 19.0 Å². The van der Waals surface area contributed by atoms with Crippen LogP contribution in [-0.2, 0) is 17.9 Å². The largest absolute Gasteiger partial charge is 0.497 e. The Labute approximate surface area is 225 Å². The fourth-order valence-electron chi connectivity index (χ4n) is 4.08. The van der Waals surface area contributed by atoms with Gasteiger partial charge in [0.05, 0.1) is 25.7 Å². The van der Waals surface area contributed by atoms with Gasteiger partial charge in [0.25, 0.3) is 5.91 Å². The van der Waals surface area contributed by atoms with E-state index in [4.69, 9.17) is 26.4 Å². The number of ether oxygens (including phenoxy) is 3. The van der Waals surface area contributed by atoms with E-state index in [2.05, 4.69) is 30.3 Å². The maximum absolute atomic E-state index is 13.1. The summed E-state index contributed by atoms with van der Waals surface area (Å²) >= 11 is 6.80. The van der Waals surface area contributed by atoms with Crippen LogP contribution < -0.4 is 14.2 Å². The van der Waals surface area contributed by atoms with Crippen LogP contribution in [0.25, 0.3) is 16.8 Å². The minimum Gasteiger partial charge on any atom is -0.497 e. The molecule has 0 aromatic heterocycles. The van der Waals surface area contributed by atoms with Gasteiger partial charge in [0.15, 0.2) is 11.5 Å². The molecular formula is C30H25NO4S2. The zero-order valence-electron chi connectivity index (χ0n) is 20.5. The average molecular weight is 528 g/mol. The molecule has 0 spiro atoms. The predicted octanol–water partition coefficient (Wildman–Crippen LogP) is 6.84. The molecule has 1 fully saturated rings. The van der Waals surface area contributed by atoms with Crippen molar-refractivity contribution in [2.45, 2.75) is 13.2 Å². The summed E-state index contributed by atoms with van der Waals surface area (Å²) in [5.74, 6) is 1.90. The number of thiocarbonyl (C=S) groups is 1. The summed E-state index contributed by atoms with van der Waals surface area (Å²) in [5, 5.41) is 2.37. The van der Waals surface area contributed by atoms with Crippen LogP contribution in [-0.4, -0.2) is 29.3 Å². The third-order valence-electron chi connectivity index (χ3n) is 6.07. The van der Waals surface area contributed by atoms with E-state index in [1.165, 1.54) is 22.5 Å². The molecule has 0 bridgehead atoms. The van der Waals surface area contributed by atoms with Crippen molar-refractivity contribution in [3.05, 3.63) is 107 Å². The third-order valence-corrected chi connectivity index (χ3v) is 7.44. The molecule has 0 saturated carbocycles. The van der Waals surface area contributed by atoms with Crippen molar-refractivity contribution in [3.63, 3.8) is 0 Å². The van der Waals surface area contributed by atoms with Crippen LogP contribution >= 0.6 is 24.0 Å². The SMILES string of the molecule is COc1ccc(CN2C(=O)/C(=C\c3ccc(OCc4ccc5ccccc5c4)c(OC)c3)SC2=S)cc1. The van der Waals surface area contributed by atoms with Gasteiger partial charge >= 0.3 is 0 Å². The molecule has 0 atom stereocenters. The van der Waals surface area contributed by atoms with Crippen molar-refractivity contribution in [2.24, 2.45) is 0 Å². The smallest absolute Gasteiger partial charge is 0.266 e. The average Bonchev–Trinajstić information content (AvgIpc) is 3.19. The minimum atomic E-state index is -0.110. The molecular weight excluding hydrogens is 502 g/mol. The first-order chi connectivity index (χ1) is 18.0. The van der Waals surface area contributed by atoms with Crippen LogP contribution in [0.1, 0.15) is 16.7 Å². The van der Waals surface area contributed by atoms with Gasteiger partial charge < -0.3 is 14.2 Å². The molecule has 0 N–H and O–H groups in total. The highest BCUT2D eigenvalue weighted by atomic mass is 32.2. The predicted molar refractivity (Wildman–Crippen MR) is 153 cm³/mol. The Kier molecular flexibility index (Phi) is 7.44. The number of methoxy groups -OCH3 is 2. The molecule has 5 nitrogen and oxygen atoms in total. The molecule has 4 aromatic rings.